The number of hydrogen-bond acceptors (Lipinski definition) is 3. The molecule has 0 saturated carbocycles. The molecule has 0 amide bonds. The van der Waals surface area contributed by atoms with Crippen LogP contribution in [-0.4, -0.2) is 11.3 Å². The lowest BCUT2D eigenvalue weighted by Gasteiger charge is -2.35. The molecule has 1 aromatic rings. The second kappa shape index (κ2) is 3.79. The van der Waals surface area contributed by atoms with Crippen molar-refractivity contribution in [3.8, 4) is 0 Å². The van der Waals surface area contributed by atoms with Gasteiger partial charge in [-0.15, -0.1) is 16.7 Å². The maximum atomic E-state index is 10.8. The number of nitroso groups, excluding NO2 is 1. The lowest BCUT2D eigenvalue weighted by Crippen LogP contribution is -2.36. The molecule has 1 aromatic carbocycles. The summed E-state index contributed by atoms with van der Waals surface area (Å²) >= 11 is 5.18. The molecule has 0 saturated heterocycles. The number of fused-ring (bicyclic) bond motifs is 1. The summed E-state index contributed by atoms with van der Waals surface area (Å²) in [7, 11) is 0. The van der Waals surface area contributed by atoms with Crippen LogP contribution in [0.25, 0.3) is 0 Å². The highest BCUT2D eigenvalue weighted by molar-refractivity contribution is 9.10. The number of halogens is 1. The van der Waals surface area contributed by atoms with Crippen LogP contribution in [0.3, 0.4) is 0 Å². The van der Waals surface area contributed by atoms with Crippen molar-refractivity contribution in [2.45, 2.75) is 23.5 Å². The Kier molecular flexibility index (Phi) is 2.77. The summed E-state index contributed by atoms with van der Waals surface area (Å²) in [5.74, 6) is 0. The number of rotatable bonds is 1. The predicted octanol–water partition coefficient (Wildman–Crippen LogP) is 3.82. The van der Waals surface area contributed by atoms with Gasteiger partial charge in [0.05, 0.1) is 17.5 Å². The topological polar surface area (TPSA) is 32.7 Å². The van der Waals surface area contributed by atoms with E-state index in [1.165, 1.54) is 5.01 Å². The van der Waals surface area contributed by atoms with E-state index >= 15 is 0 Å². The molecule has 5 heteroatoms. The van der Waals surface area contributed by atoms with E-state index in [0.717, 1.165) is 15.1 Å². The van der Waals surface area contributed by atoms with Gasteiger partial charge in [0.2, 0.25) is 0 Å². The fraction of sp³-hybridized carbons (Fsp3) is 0.400. The third-order valence-electron chi connectivity index (χ3n) is 2.21. The Labute approximate surface area is 101 Å². The molecule has 1 aliphatic rings. The Morgan fingerprint density at radius 1 is 1.53 bits per heavy atom. The standard InChI is InChI=1S/C10H11BrN2OS/c1-10(2)6-13(12-14)8-5-7(11)3-4-9(8)15-10/h3-5H,6H2,1-2H3. The normalized spacial score (nSPS) is 18.5. The first kappa shape index (κ1) is 11.0. The van der Waals surface area contributed by atoms with E-state index in [9.17, 15) is 4.91 Å². The van der Waals surface area contributed by atoms with Crippen molar-refractivity contribution in [1.82, 2.24) is 0 Å². The molecular weight excluding hydrogens is 276 g/mol. The number of benzene rings is 1. The monoisotopic (exact) mass is 286 g/mol. The van der Waals surface area contributed by atoms with E-state index in [4.69, 9.17) is 0 Å². The first-order valence-corrected chi connectivity index (χ1v) is 6.22. The molecule has 15 heavy (non-hydrogen) atoms. The second-order valence-electron chi connectivity index (χ2n) is 4.11. The van der Waals surface area contributed by atoms with E-state index in [1.807, 2.05) is 18.2 Å². The smallest absolute Gasteiger partial charge is 0.0774 e. The van der Waals surface area contributed by atoms with Crippen LogP contribution >= 0.6 is 27.7 Å². The quantitative estimate of drug-likeness (QED) is 0.736. The summed E-state index contributed by atoms with van der Waals surface area (Å²) in [4.78, 5) is 11.9. The second-order valence-corrected chi connectivity index (χ2v) is 6.78. The molecule has 0 radical (unpaired) electrons. The number of hydrogen-bond donors (Lipinski definition) is 0. The average Bonchev–Trinajstić information content (AvgIpc) is 2.16. The molecule has 80 valence electrons. The molecule has 0 fully saturated rings. The van der Waals surface area contributed by atoms with Gasteiger partial charge < -0.3 is 0 Å². The number of thioether (sulfide) groups is 1. The van der Waals surface area contributed by atoms with E-state index in [0.29, 0.717) is 6.54 Å². The molecule has 1 aliphatic heterocycles. The summed E-state index contributed by atoms with van der Waals surface area (Å²) in [5.41, 5.74) is 0.892. The van der Waals surface area contributed by atoms with Crippen LogP contribution in [0.15, 0.2) is 32.9 Å². The minimum Gasteiger partial charge on any atom is -0.227 e. The Morgan fingerprint density at radius 3 is 2.93 bits per heavy atom. The third kappa shape index (κ3) is 2.18. The van der Waals surface area contributed by atoms with E-state index < -0.39 is 0 Å². The van der Waals surface area contributed by atoms with Crippen LogP contribution in [-0.2, 0) is 0 Å². The molecule has 1 heterocycles. The van der Waals surface area contributed by atoms with Gasteiger partial charge in [-0.3, -0.25) is 0 Å². The van der Waals surface area contributed by atoms with Gasteiger partial charge in [0, 0.05) is 14.1 Å². The zero-order chi connectivity index (χ0) is 11.1. The van der Waals surface area contributed by atoms with Crippen LogP contribution in [0.4, 0.5) is 5.69 Å². The van der Waals surface area contributed by atoms with Gasteiger partial charge in [0.1, 0.15) is 0 Å². The molecule has 2 rings (SSSR count). The minimum absolute atomic E-state index is 0.0226. The van der Waals surface area contributed by atoms with Crippen molar-refractivity contribution < 1.29 is 0 Å². The largest absolute Gasteiger partial charge is 0.227 e. The van der Waals surface area contributed by atoms with Crippen LogP contribution in [0.5, 0.6) is 0 Å². The minimum atomic E-state index is 0.0226. The predicted molar refractivity (Wildman–Crippen MR) is 67.2 cm³/mol. The van der Waals surface area contributed by atoms with E-state index in [-0.39, 0.29) is 4.75 Å². The van der Waals surface area contributed by atoms with Crippen molar-refractivity contribution in [3.63, 3.8) is 0 Å². The van der Waals surface area contributed by atoms with Crippen LogP contribution in [0, 0.1) is 4.91 Å². The van der Waals surface area contributed by atoms with Crippen molar-refractivity contribution in [2.24, 2.45) is 5.29 Å². The zero-order valence-corrected chi connectivity index (χ0v) is 10.9. The number of nitrogens with zero attached hydrogens (tertiary/aromatic N) is 2. The van der Waals surface area contributed by atoms with Gasteiger partial charge in [0.15, 0.2) is 0 Å². The SMILES string of the molecule is CC1(C)CN(N=O)c2cc(Br)ccc2S1. The van der Waals surface area contributed by atoms with Crippen molar-refractivity contribution in [1.29, 1.82) is 0 Å². The third-order valence-corrected chi connectivity index (χ3v) is 3.95. The van der Waals surface area contributed by atoms with Crippen LogP contribution in [0.2, 0.25) is 0 Å². The number of anilines is 1. The van der Waals surface area contributed by atoms with Gasteiger partial charge >= 0.3 is 0 Å². The van der Waals surface area contributed by atoms with Crippen molar-refractivity contribution in [2.75, 3.05) is 11.6 Å². The molecular formula is C10H11BrN2OS. The molecule has 0 aromatic heterocycles. The highest BCUT2D eigenvalue weighted by Gasteiger charge is 2.31. The molecule has 3 nitrogen and oxygen atoms in total. The molecule has 0 bridgehead atoms. The fourth-order valence-electron chi connectivity index (χ4n) is 1.63. The van der Waals surface area contributed by atoms with Crippen LogP contribution in [0.1, 0.15) is 13.8 Å². The van der Waals surface area contributed by atoms with Gasteiger partial charge in [-0.05, 0) is 32.0 Å². The lowest BCUT2D eigenvalue weighted by atomic mass is 10.2. The fourth-order valence-corrected chi connectivity index (χ4v) is 3.16. The molecule has 0 spiro atoms. The van der Waals surface area contributed by atoms with Gasteiger partial charge in [0.25, 0.3) is 0 Å². The van der Waals surface area contributed by atoms with Gasteiger partial charge in [-0.1, -0.05) is 15.9 Å². The van der Waals surface area contributed by atoms with Gasteiger partial charge in [-0.2, -0.15) is 0 Å². The Hall–Kier alpha value is -0.550. The Bertz CT molecular complexity index is 408. The Balaban J connectivity index is 2.49. The van der Waals surface area contributed by atoms with Gasteiger partial charge in [-0.25, -0.2) is 5.01 Å². The average molecular weight is 287 g/mol. The zero-order valence-electron chi connectivity index (χ0n) is 8.53. The van der Waals surface area contributed by atoms with Crippen LogP contribution < -0.4 is 5.01 Å². The lowest BCUT2D eigenvalue weighted by molar-refractivity contribution is 0.653. The summed E-state index contributed by atoms with van der Waals surface area (Å²) in [6.45, 7) is 4.87. The van der Waals surface area contributed by atoms with Crippen molar-refractivity contribution in [3.05, 3.63) is 27.6 Å². The first-order valence-electron chi connectivity index (χ1n) is 4.61. The summed E-state index contributed by atoms with van der Waals surface area (Å²) < 4.78 is 0.990. The molecule has 0 unspecified atom stereocenters. The maximum absolute atomic E-state index is 10.8. The molecule has 0 N–H and O–H groups in total. The summed E-state index contributed by atoms with van der Waals surface area (Å²) in [5, 5.41) is 4.60. The summed E-state index contributed by atoms with van der Waals surface area (Å²) in [6.07, 6.45) is 0. The summed E-state index contributed by atoms with van der Waals surface area (Å²) in [6, 6.07) is 5.93. The first-order chi connectivity index (χ1) is 7.02. The van der Waals surface area contributed by atoms with E-state index in [1.54, 1.807) is 11.8 Å². The molecule has 0 atom stereocenters. The molecule has 0 aliphatic carbocycles. The highest BCUT2D eigenvalue weighted by Crippen LogP contribution is 2.45. The van der Waals surface area contributed by atoms with Crippen molar-refractivity contribution >= 4 is 33.4 Å². The highest BCUT2D eigenvalue weighted by atomic mass is 79.9. The maximum Gasteiger partial charge on any atom is 0.0774 e. The van der Waals surface area contributed by atoms with E-state index in [2.05, 4.69) is 35.1 Å². The Morgan fingerprint density at radius 2 is 2.27 bits per heavy atom.